The van der Waals surface area contributed by atoms with Crippen LogP contribution in [0.25, 0.3) is 11.3 Å². The fourth-order valence-electron chi connectivity index (χ4n) is 2.75. The van der Waals surface area contributed by atoms with E-state index in [1.54, 1.807) is 16.6 Å². The molecule has 1 aromatic carbocycles. The van der Waals surface area contributed by atoms with Crippen molar-refractivity contribution in [1.82, 2.24) is 24.8 Å². The van der Waals surface area contributed by atoms with Gasteiger partial charge < -0.3 is 9.42 Å². The number of hydrogen-bond acceptors (Lipinski definition) is 5. The number of aromatic nitrogens is 4. The van der Waals surface area contributed by atoms with Crippen molar-refractivity contribution in [2.45, 2.75) is 33.2 Å². The fraction of sp³-hybridized carbons (Fsp3) is 0.368. The predicted molar refractivity (Wildman–Crippen MR) is 97.4 cm³/mol. The minimum absolute atomic E-state index is 0.105. The Morgan fingerprint density at radius 3 is 2.69 bits per heavy atom. The van der Waals surface area contributed by atoms with Gasteiger partial charge in [-0.3, -0.25) is 9.48 Å². The summed E-state index contributed by atoms with van der Waals surface area (Å²) in [4.78, 5) is 19.0. The third kappa shape index (κ3) is 3.82. The van der Waals surface area contributed by atoms with E-state index in [0.717, 1.165) is 24.1 Å². The number of carbonyl (C=O) groups excluding carboxylic acids is 1. The van der Waals surface area contributed by atoms with Crippen LogP contribution in [0.2, 0.25) is 0 Å². The molecule has 0 atom stereocenters. The van der Waals surface area contributed by atoms with Gasteiger partial charge in [0.15, 0.2) is 5.82 Å². The molecule has 7 heteroatoms. The molecule has 0 N–H and O–H groups in total. The molecule has 0 bridgehead atoms. The molecule has 0 unspecified atom stereocenters. The SMILES string of the molecule is CCCc1nc(CN(CC)C(=O)c2cc(-c3ccccc3)nn2C)no1. The van der Waals surface area contributed by atoms with E-state index in [-0.39, 0.29) is 5.91 Å². The highest BCUT2D eigenvalue weighted by molar-refractivity contribution is 5.93. The van der Waals surface area contributed by atoms with Crippen LogP contribution < -0.4 is 0 Å². The molecule has 0 fully saturated rings. The lowest BCUT2D eigenvalue weighted by Gasteiger charge is -2.18. The van der Waals surface area contributed by atoms with Crippen LogP contribution in [0.3, 0.4) is 0 Å². The summed E-state index contributed by atoms with van der Waals surface area (Å²) in [5, 5.41) is 8.44. The molecule has 3 rings (SSSR count). The maximum absolute atomic E-state index is 13.0. The zero-order valence-corrected chi connectivity index (χ0v) is 15.3. The van der Waals surface area contributed by atoms with E-state index in [1.165, 1.54) is 0 Å². The van der Waals surface area contributed by atoms with Gasteiger partial charge in [0.1, 0.15) is 5.69 Å². The van der Waals surface area contributed by atoms with Crippen LogP contribution in [0.15, 0.2) is 40.9 Å². The third-order valence-electron chi connectivity index (χ3n) is 4.14. The summed E-state index contributed by atoms with van der Waals surface area (Å²) in [6, 6.07) is 11.6. The molecular formula is C19H23N5O2. The molecule has 2 heterocycles. The Labute approximate surface area is 152 Å². The normalized spacial score (nSPS) is 10.9. The summed E-state index contributed by atoms with van der Waals surface area (Å²) in [6.45, 7) is 4.84. The maximum atomic E-state index is 13.0. The highest BCUT2D eigenvalue weighted by Gasteiger charge is 2.21. The highest BCUT2D eigenvalue weighted by atomic mass is 16.5. The first-order chi connectivity index (χ1) is 12.6. The molecule has 0 saturated carbocycles. The summed E-state index contributed by atoms with van der Waals surface area (Å²) >= 11 is 0. The van der Waals surface area contributed by atoms with Crippen molar-refractivity contribution in [2.24, 2.45) is 7.05 Å². The average Bonchev–Trinajstić information content (AvgIpc) is 3.26. The van der Waals surface area contributed by atoms with Crippen molar-refractivity contribution in [3.63, 3.8) is 0 Å². The number of carbonyl (C=O) groups is 1. The number of nitrogens with zero attached hydrogens (tertiary/aromatic N) is 5. The topological polar surface area (TPSA) is 77.1 Å². The van der Waals surface area contributed by atoms with E-state index in [2.05, 4.69) is 22.2 Å². The Kier molecular flexibility index (Phi) is 5.46. The average molecular weight is 353 g/mol. The lowest BCUT2D eigenvalue weighted by molar-refractivity contribution is 0.0736. The first kappa shape index (κ1) is 17.8. The monoisotopic (exact) mass is 353 g/mol. The molecule has 136 valence electrons. The van der Waals surface area contributed by atoms with Crippen molar-refractivity contribution >= 4 is 5.91 Å². The molecule has 0 radical (unpaired) electrons. The van der Waals surface area contributed by atoms with Crippen molar-refractivity contribution < 1.29 is 9.32 Å². The standard InChI is InChI=1S/C19H23N5O2/c1-4-9-18-20-17(22-26-18)13-24(5-2)19(25)16-12-15(21-23(16)3)14-10-7-6-8-11-14/h6-8,10-12H,4-5,9,13H2,1-3H3. The van der Waals surface area contributed by atoms with Crippen molar-refractivity contribution in [2.75, 3.05) is 6.54 Å². The molecule has 26 heavy (non-hydrogen) atoms. The quantitative estimate of drug-likeness (QED) is 0.652. The van der Waals surface area contributed by atoms with Crippen LogP contribution in [0.5, 0.6) is 0 Å². The summed E-state index contributed by atoms with van der Waals surface area (Å²) in [6.07, 6.45) is 1.69. The Balaban J connectivity index is 1.79. The van der Waals surface area contributed by atoms with Crippen molar-refractivity contribution in [3.05, 3.63) is 53.8 Å². The van der Waals surface area contributed by atoms with Crippen molar-refractivity contribution in [3.8, 4) is 11.3 Å². The zero-order valence-electron chi connectivity index (χ0n) is 15.3. The van der Waals surface area contributed by atoms with Gasteiger partial charge in [-0.1, -0.05) is 42.4 Å². The molecular weight excluding hydrogens is 330 g/mol. The number of aryl methyl sites for hydroxylation is 2. The summed E-state index contributed by atoms with van der Waals surface area (Å²) in [5.41, 5.74) is 2.29. The molecule has 7 nitrogen and oxygen atoms in total. The first-order valence-corrected chi connectivity index (χ1v) is 8.82. The summed E-state index contributed by atoms with van der Waals surface area (Å²) in [7, 11) is 1.78. The van der Waals surface area contributed by atoms with Gasteiger partial charge in [-0.25, -0.2) is 0 Å². The second kappa shape index (κ2) is 7.95. The maximum Gasteiger partial charge on any atom is 0.272 e. The Bertz CT molecular complexity index is 869. The zero-order chi connectivity index (χ0) is 18.5. The Morgan fingerprint density at radius 1 is 1.23 bits per heavy atom. The van der Waals surface area contributed by atoms with Crippen LogP contribution in [0, 0.1) is 0 Å². The smallest absolute Gasteiger partial charge is 0.272 e. The Hall–Kier alpha value is -2.96. The van der Waals surface area contributed by atoms with Gasteiger partial charge in [0.25, 0.3) is 5.91 Å². The van der Waals surface area contributed by atoms with E-state index >= 15 is 0 Å². The molecule has 2 aromatic heterocycles. The van der Waals surface area contributed by atoms with Gasteiger partial charge in [-0.05, 0) is 19.4 Å². The molecule has 0 aliphatic heterocycles. The van der Waals surface area contributed by atoms with Crippen molar-refractivity contribution in [1.29, 1.82) is 0 Å². The molecule has 1 amide bonds. The summed E-state index contributed by atoms with van der Waals surface area (Å²) in [5.74, 6) is 1.03. The van der Waals surface area contributed by atoms with Gasteiger partial charge in [0.2, 0.25) is 5.89 Å². The lowest BCUT2D eigenvalue weighted by Crippen LogP contribution is -2.32. The van der Waals surface area contributed by atoms with Crippen LogP contribution in [0.4, 0.5) is 0 Å². The second-order valence-electron chi connectivity index (χ2n) is 6.08. The molecule has 3 aromatic rings. The number of benzene rings is 1. The molecule has 0 aliphatic rings. The first-order valence-electron chi connectivity index (χ1n) is 8.82. The third-order valence-corrected chi connectivity index (χ3v) is 4.14. The second-order valence-corrected chi connectivity index (χ2v) is 6.08. The number of amides is 1. The van der Waals surface area contributed by atoms with Crippen LogP contribution in [-0.2, 0) is 20.0 Å². The Morgan fingerprint density at radius 2 is 2.00 bits per heavy atom. The predicted octanol–water partition coefficient (Wildman–Crippen LogP) is 3.08. The van der Waals surface area contributed by atoms with E-state index in [4.69, 9.17) is 4.52 Å². The van der Waals surface area contributed by atoms with Gasteiger partial charge in [0, 0.05) is 25.6 Å². The van der Waals surface area contributed by atoms with E-state index in [1.807, 2.05) is 43.3 Å². The summed E-state index contributed by atoms with van der Waals surface area (Å²) < 4.78 is 6.82. The number of rotatable bonds is 7. The largest absolute Gasteiger partial charge is 0.339 e. The molecule has 0 saturated heterocycles. The van der Waals surface area contributed by atoms with Crippen LogP contribution in [-0.4, -0.2) is 37.3 Å². The lowest BCUT2D eigenvalue weighted by atomic mass is 10.1. The van der Waals surface area contributed by atoms with Crippen LogP contribution in [0.1, 0.15) is 42.5 Å². The minimum Gasteiger partial charge on any atom is -0.339 e. The van der Waals surface area contributed by atoms with E-state index in [9.17, 15) is 4.79 Å². The highest BCUT2D eigenvalue weighted by Crippen LogP contribution is 2.19. The fourth-order valence-corrected chi connectivity index (χ4v) is 2.75. The van der Waals surface area contributed by atoms with E-state index < -0.39 is 0 Å². The number of hydrogen-bond donors (Lipinski definition) is 0. The van der Waals surface area contributed by atoms with Crippen LogP contribution >= 0.6 is 0 Å². The molecule has 0 aliphatic carbocycles. The van der Waals surface area contributed by atoms with Gasteiger partial charge in [-0.15, -0.1) is 0 Å². The van der Waals surface area contributed by atoms with E-state index in [0.29, 0.717) is 30.5 Å². The van der Waals surface area contributed by atoms with Gasteiger partial charge in [-0.2, -0.15) is 10.1 Å². The van der Waals surface area contributed by atoms with Gasteiger partial charge in [0.05, 0.1) is 12.2 Å². The molecule has 0 spiro atoms. The minimum atomic E-state index is -0.105. The van der Waals surface area contributed by atoms with Gasteiger partial charge >= 0.3 is 0 Å².